The van der Waals surface area contributed by atoms with Gasteiger partial charge in [-0.25, -0.2) is 9.59 Å². The van der Waals surface area contributed by atoms with E-state index in [1.807, 2.05) is 39.8 Å². The zero-order chi connectivity index (χ0) is 24.4. The predicted octanol–water partition coefficient (Wildman–Crippen LogP) is 4.12. The summed E-state index contributed by atoms with van der Waals surface area (Å²) in [4.78, 5) is 22.3. The highest BCUT2D eigenvalue weighted by atomic mass is 16.4. The van der Waals surface area contributed by atoms with Gasteiger partial charge in [-0.1, -0.05) is 19.9 Å². The first-order chi connectivity index (χ1) is 15.1. The largest absolute Gasteiger partial charge is 0.504 e. The van der Waals surface area contributed by atoms with Crippen LogP contribution in [0.2, 0.25) is 0 Å². The van der Waals surface area contributed by atoms with E-state index in [4.69, 9.17) is 21.1 Å². The molecule has 0 spiro atoms. The standard InChI is InChI=1S/C14H13NO4.C8H11NO2.C2H6/c1-8-3-4-9(2)15(8)12-7-10(13(16)17)5-6-11(12)14(18)19;9-4-3-6-1-2-7(10)8(11)5-6;1-2/h3-7H,1-2H3,(H,16,17)(H,18,19);1-2,5,10-11H,3-4,9H2;1-2H3. The van der Waals surface area contributed by atoms with Gasteiger partial charge in [0.05, 0.1) is 16.8 Å². The van der Waals surface area contributed by atoms with E-state index in [1.54, 1.807) is 10.6 Å². The fourth-order valence-electron chi connectivity index (χ4n) is 2.97. The molecule has 0 unspecified atom stereocenters. The fourth-order valence-corrected chi connectivity index (χ4v) is 2.97. The number of aromatic hydroxyl groups is 2. The highest BCUT2D eigenvalue weighted by Crippen LogP contribution is 2.25. The quantitative estimate of drug-likeness (QED) is 0.374. The lowest BCUT2D eigenvalue weighted by Crippen LogP contribution is -2.10. The summed E-state index contributed by atoms with van der Waals surface area (Å²) < 4.78 is 1.73. The molecule has 0 saturated heterocycles. The Balaban J connectivity index is 0.000000335. The maximum absolute atomic E-state index is 11.3. The third kappa shape index (κ3) is 6.61. The number of carboxylic acids is 2. The number of phenols is 2. The van der Waals surface area contributed by atoms with Crippen molar-refractivity contribution in [1.82, 2.24) is 4.57 Å². The second-order valence-corrected chi connectivity index (χ2v) is 6.66. The zero-order valence-corrected chi connectivity index (χ0v) is 18.7. The molecule has 2 aromatic carbocycles. The molecule has 0 aliphatic heterocycles. The molecule has 172 valence electrons. The first-order valence-electron chi connectivity index (χ1n) is 10.1. The Hall–Kier alpha value is -3.78. The highest BCUT2D eigenvalue weighted by Gasteiger charge is 2.16. The molecule has 0 atom stereocenters. The summed E-state index contributed by atoms with van der Waals surface area (Å²) in [5.41, 5.74) is 8.44. The number of carbonyl (C=O) groups is 2. The molecule has 1 aromatic heterocycles. The molecule has 0 fully saturated rings. The average Bonchev–Trinajstić information content (AvgIpc) is 3.10. The van der Waals surface area contributed by atoms with E-state index in [0.29, 0.717) is 18.7 Å². The molecule has 0 saturated carbocycles. The number of carboxylic acid groups (broad SMARTS) is 2. The molecule has 0 amide bonds. The van der Waals surface area contributed by atoms with Gasteiger partial charge in [0.1, 0.15) is 0 Å². The Morgan fingerprint density at radius 1 is 0.844 bits per heavy atom. The van der Waals surface area contributed by atoms with Gasteiger partial charge in [0.2, 0.25) is 0 Å². The van der Waals surface area contributed by atoms with Crippen LogP contribution in [0.1, 0.15) is 51.5 Å². The summed E-state index contributed by atoms with van der Waals surface area (Å²) in [5, 5.41) is 36.2. The number of aromatic nitrogens is 1. The van der Waals surface area contributed by atoms with Crippen LogP contribution in [-0.4, -0.2) is 43.5 Å². The van der Waals surface area contributed by atoms with Crippen LogP contribution in [0.15, 0.2) is 48.5 Å². The second-order valence-electron chi connectivity index (χ2n) is 6.66. The van der Waals surface area contributed by atoms with Crippen molar-refractivity contribution in [2.75, 3.05) is 6.54 Å². The molecule has 3 aromatic rings. The fraction of sp³-hybridized carbons (Fsp3) is 0.250. The van der Waals surface area contributed by atoms with Gasteiger partial charge in [0, 0.05) is 11.4 Å². The van der Waals surface area contributed by atoms with Gasteiger partial charge in [-0.2, -0.15) is 0 Å². The first-order valence-corrected chi connectivity index (χ1v) is 10.1. The molecule has 1 heterocycles. The van der Waals surface area contributed by atoms with Crippen LogP contribution in [0.3, 0.4) is 0 Å². The van der Waals surface area contributed by atoms with E-state index in [2.05, 4.69) is 0 Å². The normalized spacial score (nSPS) is 9.78. The Labute approximate surface area is 187 Å². The first kappa shape index (κ1) is 26.3. The van der Waals surface area contributed by atoms with E-state index in [0.717, 1.165) is 17.0 Å². The predicted molar refractivity (Wildman–Crippen MR) is 123 cm³/mol. The van der Waals surface area contributed by atoms with E-state index in [9.17, 15) is 14.7 Å². The number of phenolic OH excluding ortho intramolecular Hbond substituents is 2. The third-order valence-corrected chi connectivity index (χ3v) is 4.46. The second kappa shape index (κ2) is 12.2. The molecule has 3 rings (SSSR count). The molecular weight excluding hydrogens is 412 g/mol. The number of rotatable bonds is 5. The molecule has 0 aliphatic rings. The van der Waals surface area contributed by atoms with E-state index in [-0.39, 0.29) is 22.6 Å². The Kier molecular flexibility index (Phi) is 9.98. The summed E-state index contributed by atoms with van der Waals surface area (Å²) in [6.45, 7) is 8.22. The van der Waals surface area contributed by atoms with Crippen molar-refractivity contribution in [3.8, 4) is 17.2 Å². The molecule has 0 radical (unpaired) electrons. The van der Waals surface area contributed by atoms with Crippen molar-refractivity contribution in [3.63, 3.8) is 0 Å². The maximum atomic E-state index is 11.3. The number of nitrogens with two attached hydrogens (primary N) is 1. The van der Waals surface area contributed by atoms with Crippen LogP contribution in [0, 0.1) is 13.8 Å². The lowest BCUT2D eigenvalue weighted by Gasteiger charge is -2.13. The van der Waals surface area contributed by atoms with Crippen molar-refractivity contribution in [2.24, 2.45) is 5.73 Å². The summed E-state index contributed by atoms with van der Waals surface area (Å²) >= 11 is 0. The van der Waals surface area contributed by atoms with Gasteiger partial charge in [0.15, 0.2) is 11.5 Å². The van der Waals surface area contributed by atoms with Crippen molar-refractivity contribution in [3.05, 3.63) is 76.6 Å². The minimum absolute atomic E-state index is 0.0625. The minimum Gasteiger partial charge on any atom is -0.504 e. The van der Waals surface area contributed by atoms with Crippen LogP contribution >= 0.6 is 0 Å². The molecule has 6 N–H and O–H groups in total. The number of benzene rings is 2. The number of nitrogens with zero attached hydrogens (tertiary/aromatic N) is 1. The molecule has 0 aliphatic carbocycles. The minimum atomic E-state index is -1.08. The number of aryl methyl sites for hydroxylation is 2. The molecule has 32 heavy (non-hydrogen) atoms. The van der Waals surface area contributed by atoms with Crippen LogP contribution in [0.4, 0.5) is 0 Å². The van der Waals surface area contributed by atoms with Crippen molar-refractivity contribution >= 4 is 11.9 Å². The number of aromatic carboxylic acids is 2. The summed E-state index contributed by atoms with van der Waals surface area (Å²) in [6, 6.07) is 12.4. The Bertz CT molecular complexity index is 1050. The van der Waals surface area contributed by atoms with Gasteiger partial charge in [-0.15, -0.1) is 0 Å². The van der Waals surface area contributed by atoms with Crippen molar-refractivity contribution in [2.45, 2.75) is 34.1 Å². The highest BCUT2D eigenvalue weighted by molar-refractivity contribution is 5.95. The lowest BCUT2D eigenvalue weighted by molar-refractivity contribution is 0.0681. The maximum Gasteiger partial charge on any atom is 0.337 e. The summed E-state index contributed by atoms with van der Waals surface area (Å²) in [6.07, 6.45) is 0.716. The zero-order valence-electron chi connectivity index (χ0n) is 18.7. The number of hydrogen-bond donors (Lipinski definition) is 5. The smallest absolute Gasteiger partial charge is 0.337 e. The average molecular weight is 443 g/mol. The Morgan fingerprint density at radius 3 is 1.91 bits per heavy atom. The van der Waals surface area contributed by atoms with E-state index >= 15 is 0 Å². The van der Waals surface area contributed by atoms with E-state index < -0.39 is 11.9 Å². The van der Waals surface area contributed by atoms with Gasteiger partial charge < -0.3 is 30.7 Å². The topological polar surface area (TPSA) is 146 Å². The van der Waals surface area contributed by atoms with Crippen LogP contribution in [-0.2, 0) is 6.42 Å². The van der Waals surface area contributed by atoms with Crippen molar-refractivity contribution in [1.29, 1.82) is 0 Å². The van der Waals surface area contributed by atoms with Crippen molar-refractivity contribution < 1.29 is 30.0 Å². The van der Waals surface area contributed by atoms with Gasteiger partial charge in [-0.05, 0) is 74.8 Å². The van der Waals surface area contributed by atoms with Crippen LogP contribution < -0.4 is 5.73 Å². The number of hydrogen-bond acceptors (Lipinski definition) is 5. The lowest BCUT2D eigenvalue weighted by atomic mass is 10.1. The molecular formula is C24H30N2O6. The van der Waals surface area contributed by atoms with Gasteiger partial charge in [0.25, 0.3) is 0 Å². The summed E-state index contributed by atoms with van der Waals surface area (Å²) in [7, 11) is 0. The summed E-state index contributed by atoms with van der Waals surface area (Å²) in [5.74, 6) is -2.35. The Morgan fingerprint density at radius 2 is 1.44 bits per heavy atom. The molecule has 0 bridgehead atoms. The third-order valence-electron chi connectivity index (χ3n) is 4.46. The molecule has 8 heteroatoms. The SMILES string of the molecule is CC.Cc1ccc(C)n1-c1cc(C(=O)O)ccc1C(=O)O.NCCc1ccc(O)c(O)c1. The monoisotopic (exact) mass is 442 g/mol. The van der Waals surface area contributed by atoms with Gasteiger partial charge in [-0.3, -0.25) is 0 Å². The van der Waals surface area contributed by atoms with Gasteiger partial charge >= 0.3 is 11.9 Å². The van der Waals surface area contributed by atoms with E-state index in [1.165, 1.54) is 30.3 Å². The van der Waals surface area contributed by atoms with Crippen LogP contribution in [0.5, 0.6) is 11.5 Å². The molecule has 8 nitrogen and oxygen atoms in total. The van der Waals surface area contributed by atoms with Crippen LogP contribution in [0.25, 0.3) is 5.69 Å².